The highest BCUT2D eigenvalue weighted by Crippen LogP contribution is 2.42. The fourth-order valence-electron chi connectivity index (χ4n) is 3.85. The molecule has 1 fully saturated rings. The van der Waals surface area contributed by atoms with Crippen molar-refractivity contribution in [3.05, 3.63) is 106 Å². The Morgan fingerprint density at radius 1 is 0.912 bits per heavy atom. The van der Waals surface area contributed by atoms with Crippen LogP contribution in [0.2, 0.25) is 5.02 Å². The van der Waals surface area contributed by atoms with E-state index in [1.165, 1.54) is 4.90 Å². The molecule has 0 radical (unpaired) electrons. The number of aliphatic hydroxyl groups is 1. The summed E-state index contributed by atoms with van der Waals surface area (Å²) in [7, 11) is 0. The van der Waals surface area contributed by atoms with Gasteiger partial charge in [0.2, 0.25) is 0 Å². The molecule has 7 heteroatoms. The lowest BCUT2D eigenvalue weighted by atomic mass is 9.95. The van der Waals surface area contributed by atoms with Gasteiger partial charge in [-0.2, -0.15) is 0 Å². The van der Waals surface area contributed by atoms with Crippen LogP contribution in [-0.2, 0) is 14.3 Å². The van der Waals surface area contributed by atoms with Gasteiger partial charge in [-0.1, -0.05) is 41.9 Å². The van der Waals surface area contributed by atoms with Crippen molar-refractivity contribution in [3.8, 4) is 0 Å². The predicted octanol–water partition coefficient (Wildman–Crippen LogP) is 5.53. The number of Topliss-reactive ketones (excluding diaryl/α,β-unsaturated/α-hetero) is 1. The van der Waals surface area contributed by atoms with Crippen molar-refractivity contribution in [1.82, 2.24) is 0 Å². The van der Waals surface area contributed by atoms with E-state index in [9.17, 15) is 19.5 Å². The Morgan fingerprint density at radius 2 is 1.50 bits per heavy atom. The number of hydrogen-bond acceptors (Lipinski definition) is 5. The Hall–Kier alpha value is -3.90. The molecule has 172 valence electrons. The molecular weight excluding hydrogens is 454 g/mol. The number of ketones is 1. The van der Waals surface area contributed by atoms with Crippen molar-refractivity contribution >= 4 is 40.7 Å². The number of carbonyl (C=O) groups is 3. The van der Waals surface area contributed by atoms with Crippen molar-refractivity contribution in [2.75, 3.05) is 4.90 Å². The van der Waals surface area contributed by atoms with Gasteiger partial charge < -0.3 is 9.84 Å². The number of carbonyl (C=O) groups excluding carboxylic acids is 3. The van der Waals surface area contributed by atoms with E-state index in [1.807, 2.05) is 6.07 Å². The third kappa shape index (κ3) is 4.45. The molecule has 3 aromatic rings. The van der Waals surface area contributed by atoms with Crippen LogP contribution in [0.15, 0.2) is 84.4 Å². The van der Waals surface area contributed by atoms with Gasteiger partial charge in [-0.25, -0.2) is 4.79 Å². The van der Waals surface area contributed by atoms with Crippen molar-refractivity contribution in [2.45, 2.75) is 26.0 Å². The van der Waals surface area contributed by atoms with Gasteiger partial charge in [0, 0.05) is 16.3 Å². The highest BCUT2D eigenvalue weighted by molar-refractivity contribution is 6.51. The van der Waals surface area contributed by atoms with E-state index in [0.29, 0.717) is 27.4 Å². The van der Waals surface area contributed by atoms with Gasteiger partial charge in [0.05, 0.1) is 23.3 Å². The first-order chi connectivity index (χ1) is 16.3. The number of benzene rings is 3. The molecule has 6 nitrogen and oxygen atoms in total. The second kappa shape index (κ2) is 9.53. The second-order valence-electron chi connectivity index (χ2n) is 8.09. The van der Waals surface area contributed by atoms with Crippen LogP contribution in [0.4, 0.5) is 5.69 Å². The summed E-state index contributed by atoms with van der Waals surface area (Å²) >= 11 is 5.96. The standard InChI is InChI=1S/C27H22ClNO5/c1-16(2)34-27(33)19-10-14-21(15-11-19)29-23(17-6-4-3-5-7-17)22(25(31)26(29)32)24(30)18-8-12-20(28)13-9-18/h3-16,23,30H,1-2H3/b24-22+. The van der Waals surface area contributed by atoms with E-state index >= 15 is 0 Å². The van der Waals surface area contributed by atoms with Crippen LogP contribution in [0, 0.1) is 0 Å². The Morgan fingerprint density at radius 3 is 2.09 bits per heavy atom. The van der Waals surface area contributed by atoms with Crippen molar-refractivity contribution in [1.29, 1.82) is 0 Å². The number of amides is 1. The van der Waals surface area contributed by atoms with E-state index in [2.05, 4.69) is 0 Å². The molecule has 3 aromatic carbocycles. The Bertz CT molecular complexity index is 1260. The molecule has 0 aliphatic carbocycles. The molecule has 1 aliphatic heterocycles. The van der Waals surface area contributed by atoms with Gasteiger partial charge in [0.25, 0.3) is 11.7 Å². The molecule has 0 saturated carbocycles. The number of aliphatic hydroxyl groups excluding tert-OH is 1. The van der Waals surface area contributed by atoms with Gasteiger partial charge in [-0.05, 0) is 67.9 Å². The first-order valence-electron chi connectivity index (χ1n) is 10.7. The average Bonchev–Trinajstić information content (AvgIpc) is 3.10. The van der Waals surface area contributed by atoms with Gasteiger partial charge in [0.15, 0.2) is 0 Å². The smallest absolute Gasteiger partial charge is 0.338 e. The molecule has 1 amide bonds. The van der Waals surface area contributed by atoms with E-state index in [0.717, 1.165) is 0 Å². The molecule has 1 saturated heterocycles. The van der Waals surface area contributed by atoms with Gasteiger partial charge in [-0.15, -0.1) is 0 Å². The molecule has 1 atom stereocenters. The number of hydrogen-bond donors (Lipinski definition) is 1. The summed E-state index contributed by atoms with van der Waals surface area (Å²) in [6.45, 7) is 3.51. The number of esters is 1. The highest BCUT2D eigenvalue weighted by atomic mass is 35.5. The first-order valence-corrected chi connectivity index (χ1v) is 11.1. The van der Waals surface area contributed by atoms with Gasteiger partial charge in [0.1, 0.15) is 5.76 Å². The van der Waals surface area contributed by atoms with E-state index < -0.39 is 23.7 Å². The number of nitrogens with zero attached hydrogens (tertiary/aromatic N) is 1. The minimum Gasteiger partial charge on any atom is -0.507 e. The van der Waals surface area contributed by atoms with Crippen molar-refractivity contribution in [2.24, 2.45) is 0 Å². The first kappa shape index (κ1) is 23.3. The molecule has 0 bridgehead atoms. The monoisotopic (exact) mass is 475 g/mol. The van der Waals surface area contributed by atoms with Crippen LogP contribution in [0.5, 0.6) is 0 Å². The maximum Gasteiger partial charge on any atom is 0.338 e. The zero-order chi connectivity index (χ0) is 24.4. The maximum atomic E-state index is 13.2. The summed E-state index contributed by atoms with van der Waals surface area (Å²) in [6, 6.07) is 20.7. The van der Waals surface area contributed by atoms with Gasteiger partial charge in [-0.3, -0.25) is 14.5 Å². The minimum absolute atomic E-state index is 0.0261. The third-order valence-corrected chi connectivity index (χ3v) is 5.65. The fraction of sp³-hybridized carbons (Fsp3) is 0.148. The minimum atomic E-state index is -0.856. The number of anilines is 1. The SMILES string of the molecule is CC(C)OC(=O)c1ccc(N2C(=O)C(=O)/C(=C(/O)c3ccc(Cl)cc3)C2c2ccccc2)cc1. The van der Waals surface area contributed by atoms with Crippen LogP contribution < -0.4 is 4.90 Å². The summed E-state index contributed by atoms with van der Waals surface area (Å²) in [5.41, 5.74) is 1.73. The molecular formula is C27H22ClNO5. The average molecular weight is 476 g/mol. The van der Waals surface area contributed by atoms with Crippen LogP contribution in [0.25, 0.3) is 5.76 Å². The Balaban J connectivity index is 1.82. The topological polar surface area (TPSA) is 83.9 Å². The van der Waals surface area contributed by atoms with Crippen LogP contribution in [-0.4, -0.2) is 28.9 Å². The normalized spacial score (nSPS) is 17.3. The maximum absolute atomic E-state index is 13.2. The zero-order valence-electron chi connectivity index (χ0n) is 18.6. The number of rotatable bonds is 5. The lowest BCUT2D eigenvalue weighted by Crippen LogP contribution is -2.29. The van der Waals surface area contributed by atoms with Gasteiger partial charge >= 0.3 is 5.97 Å². The predicted molar refractivity (Wildman–Crippen MR) is 130 cm³/mol. The number of ether oxygens (including phenoxy) is 1. The van der Waals surface area contributed by atoms with Crippen molar-refractivity contribution in [3.63, 3.8) is 0 Å². The zero-order valence-corrected chi connectivity index (χ0v) is 19.3. The molecule has 1 unspecified atom stereocenters. The molecule has 4 rings (SSSR count). The summed E-state index contributed by atoms with van der Waals surface area (Å²) in [6.07, 6.45) is -0.268. The summed E-state index contributed by atoms with van der Waals surface area (Å²) in [5, 5.41) is 11.6. The summed E-state index contributed by atoms with van der Waals surface area (Å²) < 4.78 is 5.21. The van der Waals surface area contributed by atoms with Crippen LogP contribution >= 0.6 is 11.6 Å². The third-order valence-electron chi connectivity index (χ3n) is 5.40. The molecule has 0 aromatic heterocycles. The Labute approximate surface area is 202 Å². The molecule has 34 heavy (non-hydrogen) atoms. The molecule has 0 spiro atoms. The lowest BCUT2D eigenvalue weighted by Gasteiger charge is -2.25. The van der Waals surface area contributed by atoms with E-state index in [4.69, 9.17) is 16.3 Å². The van der Waals surface area contributed by atoms with Crippen LogP contribution in [0.3, 0.4) is 0 Å². The quantitative estimate of drug-likeness (QED) is 0.227. The summed E-state index contributed by atoms with van der Waals surface area (Å²) in [5.74, 6) is -2.35. The highest BCUT2D eigenvalue weighted by Gasteiger charge is 2.46. The van der Waals surface area contributed by atoms with E-state index in [-0.39, 0.29) is 17.4 Å². The van der Waals surface area contributed by atoms with Crippen LogP contribution in [0.1, 0.15) is 41.4 Å². The number of halogens is 1. The second-order valence-corrected chi connectivity index (χ2v) is 8.52. The molecule has 1 N–H and O–H groups in total. The van der Waals surface area contributed by atoms with E-state index in [1.54, 1.807) is 86.6 Å². The molecule has 1 aliphatic rings. The summed E-state index contributed by atoms with van der Waals surface area (Å²) in [4.78, 5) is 39.8. The molecule has 1 heterocycles. The Kier molecular flexibility index (Phi) is 6.52. The largest absolute Gasteiger partial charge is 0.507 e. The van der Waals surface area contributed by atoms with Crippen molar-refractivity contribution < 1.29 is 24.2 Å². The fourth-order valence-corrected chi connectivity index (χ4v) is 3.98. The lowest BCUT2D eigenvalue weighted by molar-refractivity contribution is -0.132.